The van der Waals surface area contributed by atoms with Gasteiger partial charge >= 0.3 is 0 Å². The van der Waals surface area contributed by atoms with E-state index in [0.717, 1.165) is 12.4 Å². The number of benzene rings is 1. The van der Waals surface area contributed by atoms with E-state index < -0.39 is 0 Å². The number of anilines is 1. The average molecular weight is 203 g/mol. The van der Waals surface area contributed by atoms with E-state index in [1.54, 1.807) is 11.5 Å². The summed E-state index contributed by atoms with van der Waals surface area (Å²) in [5.41, 5.74) is 3.15. The van der Waals surface area contributed by atoms with Crippen molar-refractivity contribution in [1.82, 2.24) is 9.80 Å². The van der Waals surface area contributed by atoms with Crippen LogP contribution < -0.4 is 10.4 Å². The number of rotatable bonds is 1. The molecule has 0 unspecified atom stereocenters. The molecule has 4 heteroatoms. The molecule has 1 aliphatic rings. The van der Waals surface area contributed by atoms with Crippen molar-refractivity contribution in [2.45, 2.75) is 0 Å². The molecule has 0 saturated heterocycles. The Morgan fingerprint density at radius 1 is 1.36 bits per heavy atom. The third kappa shape index (κ3) is 1.08. The molecule has 0 amide bonds. The lowest BCUT2D eigenvalue weighted by Crippen LogP contribution is -2.29. The summed E-state index contributed by atoms with van der Waals surface area (Å²) >= 11 is 1.54. The Kier molecular flexibility index (Phi) is 1.67. The Hall–Kier alpha value is -1.55. The van der Waals surface area contributed by atoms with Crippen LogP contribution in [0.5, 0.6) is 0 Å². The topological polar surface area (TPSA) is 28.2 Å². The number of hydrogen-bond acceptors (Lipinski definition) is 4. The number of nitrogens with one attached hydrogen (secondary N) is 1. The molecule has 0 spiro atoms. The van der Waals surface area contributed by atoms with Gasteiger partial charge < -0.3 is 5.43 Å². The Labute approximate surface area is 85.8 Å². The molecule has 3 rings (SSSR count). The minimum Gasteiger partial charge on any atom is -0.304 e. The van der Waals surface area contributed by atoms with Gasteiger partial charge in [0.05, 0.1) is 11.2 Å². The van der Waals surface area contributed by atoms with Gasteiger partial charge in [0.2, 0.25) is 0 Å². The molecule has 1 aromatic heterocycles. The van der Waals surface area contributed by atoms with E-state index in [9.17, 15) is 0 Å². The highest BCUT2D eigenvalue weighted by atomic mass is 32.1. The van der Waals surface area contributed by atoms with Crippen LogP contribution in [0.25, 0.3) is 10.1 Å². The molecular formula is C10H9N3S. The van der Waals surface area contributed by atoms with E-state index >= 15 is 0 Å². The zero-order valence-electron chi connectivity index (χ0n) is 7.47. The van der Waals surface area contributed by atoms with Crippen LogP contribution in [0.15, 0.2) is 36.5 Å². The maximum absolute atomic E-state index is 4.44. The van der Waals surface area contributed by atoms with E-state index in [0.29, 0.717) is 0 Å². The zero-order chi connectivity index (χ0) is 9.38. The van der Waals surface area contributed by atoms with Crippen molar-refractivity contribution in [3.63, 3.8) is 0 Å². The molecule has 0 bridgehead atoms. The van der Waals surface area contributed by atoms with Crippen LogP contribution in [0.1, 0.15) is 0 Å². The van der Waals surface area contributed by atoms with E-state index in [-0.39, 0.29) is 0 Å². The lowest BCUT2D eigenvalue weighted by molar-refractivity contribution is 0.833. The largest absolute Gasteiger partial charge is 0.304 e. The van der Waals surface area contributed by atoms with Crippen LogP contribution in [0, 0.1) is 0 Å². The fourth-order valence-electron chi connectivity index (χ4n) is 1.57. The van der Waals surface area contributed by atoms with Gasteiger partial charge in [0.1, 0.15) is 0 Å². The van der Waals surface area contributed by atoms with Crippen molar-refractivity contribution in [3.05, 3.63) is 36.5 Å². The Balaban J connectivity index is 2.12. The summed E-state index contributed by atoms with van der Waals surface area (Å²) in [6.07, 6.45) is 4.02. The minimum absolute atomic E-state index is 0.883. The van der Waals surface area contributed by atoms with Crippen LogP contribution in [-0.2, 0) is 0 Å². The first-order valence-corrected chi connectivity index (χ1v) is 5.25. The predicted molar refractivity (Wildman–Crippen MR) is 59.2 cm³/mol. The lowest BCUT2D eigenvalue weighted by atomic mass is 10.2. The van der Waals surface area contributed by atoms with Gasteiger partial charge in [-0.3, -0.25) is 5.01 Å². The highest BCUT2D eigenvalue weighted by Crippen LogP contribution is 2.28. The molecule has 2 heterocycles. The Bertz CT molecular complexity index is 481. The maximum atomic E-state index is 4.44. The van der Waals surface area contributed by atoms with Gasteiger partial charge in [-0.2, -0.15) is 4.37 Å². The molecule has 0 atom stereocenters. The third-order valence-electron chi connectivity index (χ3n) is 2.25. The van der Waals surface area contributed by atoms with Crippen LogP contribution >= 0.6 is 11.5 Å². The number of aromatic nitrogens is 1. The van der Waals surface area contributed by atoms with Crippen LogP contribution in [0.3, 0.4) is 0 Å². The average Bonchev–Trinajstić information content (AvgIpc) is 2.85. The van der Waals surface area contributed by atoms with E-state index in [2.05, 4.69) is 28.0 Å². The molecule has 1 aromatic carbocycles. The molecule has 0 aliphatic carbocycles. The van der Waals surface area contributed by atoms with Crippen LogP contribution in [0.2, 0.25) is 0 Å². The standard InChI is InChI=1S/C10H9N3S/c1-2-5-9-8(4-1)10(12-14-9)13-7-3-6-11-13/h1-6,11H,7H2. The summed E-state index contributed by atoms with van der Waals surface area (Å²) < 4.78 is 5.68. The van der Waals surface area contributed by atoms with Gasteiger partial charge in [-0.05, 0) is 29.7 Å². The summed E-state index contributed by atoms with van der Waals surface area (Å²) in [7, 11) is 0. The number of hydrogen-bond donors (Lipinski definition) is 1. The van der Waals surface area contributed by atoms with Gasteiger partial charge in [0.25, 0.3) is 0 Å². The smallest absolute Gasteiger partial charge is 0.168 e. The predicted octanol–water partition coefficient (Wildman–Crippen LogP) is 2.13. The summed E-state index contributed by atoms with van der Waals surface area (Å²) in [6.45, 7) is 0.883. The first kappa shape index (κ1) is 7.82. The summed E-state index contributed by atoms with van der Waals surface area (Å²) in [5, 5.41) is 3.26. The van der Waals surface area contributed by atoms with Crippen molar-refractivity contribution >= 4 is 27.4 Å². The SMILES string of the molecule is C1=CNN(c2nsc3ccccc23)C1. The Morgan fingerprint density at radius 3 is 3.14 bits per heavy atom. The molecular weight excluding hydrogens is 194 g/mol. The highest BCUT2D eigenvalue weighted by molar-refractivity contribution is 7.13. The summed E-state index contributed by atoms with van der Waals surface area (Å²) in [5.74, 6) is 1.02. The van der Waals surface area contributed by atoms with E-state index in [4.69, 9.17) is 0 Å². The zero-order valence-corrected chi connectivity index (χ0v) is 8.29. The van der Waals surface area contributed by atoms with Gasteiger partial charge in [0.15, 0.2) is 5.82 Å². The second-order valence-electron chi connectivity index (χ2n) is 3.14. The fourth-order valence-corrected chi connectivity index (χ4v) is 2.35. The molecule has 2 aromatic rings. The van der Waals surface area contributed by atoms with Crippen molar-refractivity contribution < 1.29 is 0 Å². The third-order valence-corrected chi connectivity index (χ3v) is 3.07. The van der Waals surface area contributed by atoms with Crippen LogP contribution in [-0.4, -0.2) is 10.9 Å². The molecule has 1 N–H and O–H groups in total. The lowest BCUT2D eigenvalue weighted by Gasteiger charge is -2.15. The molecule has 14 heavy (non-hydrogen) atoms. The number of fused-ring (bicyclic) bond motifs is 1. The second kappa shape index (κ2) is 2.99. The van der Waals surface area contributed by atoms with Gasteiger partial charge in [-0.25, -0.2) is 0 Å². The van der Waals surface area contributed by atoms with Crippen molar-refractivity contribution in [3.8, 4) is 0 Å². The van der Waals surface area contributed by atoms with Gasteiger partial charge in [-0.1, -0.05) is 12.1 Å². The first-order chi connectivity index (χ1) is 6.95. The fraction of sp³-hybridized carbons (Fsp3) is 0.100. The molecule has 0 fully saturated rings. The van der Waals surface area contributed by atoms with Gasteiger partial charge in [0, 0.05) is 11.6 Å². The van der Waals surface area contributed by atoms with Crippen molar-refractivity contribution in [2.24, 2.45) is 0 Å². The molecule has 0 saturated carbocycles. The molecule has 1 aliphatic heterocycles. The van der Waals surface area contributed by atoms with Gasteiger partial charge in [-0.15, -0.1) is 0 Å². The number of hydrazine groups is 1. The van der Waals surface area contributed by atoms with E-state index in [1.165, 1.54) is 10.1 Å². The monoisotopic (exact) mass is 203 g/mol. The highest BCUT2D eigenvalue weighted by Gasteiger charge is 2.13. The summed E-state index contributed by atoms with van der Waals surface area (Å²) in [6, 6.07) is 8.29. The summed E-state index contributed by atoms with van der Waals surface area (Å²) in [4.78, 5) is 0. The molecule has 0 radical (unpaired) electrons. The molecule has 3 nitrogen and oxygen atoms in total. The van der Waals surface area contributed by atoms with Crippen molar-refractivity contribution in [1.29, 1.82) is 0 Å². The van der Waals surface area contributed by atoms with Crippen LogP contribution in [0.4, 0.5) is 5.82 Å². The second-order valence-corrected chi connectivity index (χ2v) is 3.95. The number of nitrogens with zero attached hydrogens (tertiary/aromatic N) is 2. The first-order valence-electron chi connectivity index (χ1n) is 4.48. The van der Waals surface area contributed by atoms with Crippen molar-refractivity contribution in [2.75, 3.05) is 11.6 Å². The maximum Gasteiger partial charge on any atom is 0.168 e. The quantitative estimate of drug-likeness (QED) is 0.769. The van der Waals surface area contributed by atoms with E-state index in [1.807, 2.05) is 23.3 Å². The minimum atomic E-state index is 0.883. The Morgan fingerprint density at radius 2 is 2.29 bits per heavy atom. The molecule has 70 valence electrons. The normalized spacial score (nSPS) is 15.0.